The second-order valence-corrected chi connectivity index (χ2v) is 5.55. The number of aliphatic carboxylic acids is 1. The fourth-order valence-corrected chi connectivity index (χ4v) is 2.41. The van der Waals surface area contributed by atoms with Crippen LogP contribution in [0.3, 0.4) is 0 Å². The van der Waals surface area contributed by atoms with Crippen molar-refractivity contribution in [2.75, 3.05) is 26.7 Å². The van der Waals surface area contributed by atoms with Crippen LogP contribution in [0.25, 0.3) is 0 Å². The second kappa shape index (κ2) is 7.85. The topological polar surface area (TPSA) is 90.0 Å². The number of carbonyl (C=O) groups excluding carboxylic acids is 2. The van der Waals surface area contributed by atoms with E-state index in [2.05, 4.69) is 5.32 Å². The lowest BCUT2D eigenvalue weighted by atomic mass is 9.94. The summed E-state index contributed by atoms with van der Waals surface area (Å²) in [6.07, 6.45) is 1.54. The predicted molar refractivity (Wildman–Crippen MR) is 77.9 cm³/mol. The summed E-state index contributed by atoms with van der Waals surface area (Å²) >= 11 is 0. The van der Waals surface area contributed by atoms with E-state index in [9.17, 15) is 14.4 Å². The Hall–Kier alpha value is -1.79. The van der Waals surface area contributed by atoms with Crippen LogP contribution in [0.1, 0.15) is 33.1 Å². The molecule has 0 aromatic heterocycles. The molecule has 3 amide bonds. The van der Waals surface area contributed by atoms with Crippen molar-refractivity contribution in [2.24, 2.45) is 5.92 Å². The van der Waals surface area contributed by atoms with Gasteiger partial charge in [0, 0.05) is 33.1 Å². The van der Waals surface area contributed by atoms with Gasteiger partial charge in [0.25, 0.3) is 0 Å². The molecular formula is C14H25N3O4. The van der Waals surface area contributed by atoms with E-state index in [1.807, 2.05) is 6.92 Å². The Morgan fingerprint density at radius 3 is 2.38 bits per heavy atom. The van der Waals surface area contributed by atoms with Crippen molar-refractivity contribution in [1.29, 1.82) is 0 Å². The van der Waals surface area contributed by atoms with Gasteiger partial charge in [0.2, 0.25) is 5.91 Å². The van der Waals surface area contributed by atoms with Crippen LogP contribution in [0.5, 0.6) is 0 Å². The van der Waals surface area contributed by atoms with E-state index in [1.54, 1.807) is 23.8 Å². The average Bonchev–Trinajstić information content (AvgIpc) is 2.45. The molecule has 1 rings (SSSR count). The van der Waals surface area contributed by atoms with E-state index < -0.39 is 12.0 Å². The quantitative estimate of drug-likeness (QED) is 0.784. The number of nitrogens with one attached hydrogen (secondary N) is 1. The molecule has 120 valence electrons. The molecule has 1 unspecified atom stereocenters. The molecule has 1 fully saturated rings. The lowest BCUT2D eigenvalue weighted by Gasteiger charge is -2.32. The number of amides is 3. The molecule has 7 nitrogen and oxygen atoms in total. The Kier molecular flexibility index (Phi) is 6.45. The van der Waals surface area contributed by atoms with Crippen molar-refractivity contribution < 1.29 is 19.5 Å². The second-order valence-electron chi connectivity index (χ2n) is 5.55. The van der Waals surface area contributed by atoms with Crippen molar-refractivity contribution >= 4 is 17.9 Å². The maximum atomic E-state index is 12.1. The smallest absolute Gasteiger partial charge is 0.318 e. The van der Waals surface area contributed by atoms with Crippen LogP contribution < -0.4 is 5.32 Å². The van der Waals surface area contributed by atoms with Crippen molar-refractivity contribution in [1.82, 2.24) is 15.1 Å². The number of likely N-dealkylation sites (tertiary alicyclic amines) is 1. The first-order chi connectivity index (χ1) is 9.85. The number of piperidine rings is 1. The zero-order valence-corrected chi connectivity index (χ0v) is 13.0. The highest BCUT2D eigenvalue weighted by atomic mass is 16.4. The lowest BCUT2D eigenvalue weighted by molar-refractivity contribution is -0.138. The molecule has 1 aliphatic rings. The van der Waals surface area contributed by atoms with Gasteiger partial charge < -0.3 is 20.2 Å². The third-order valence-electron chi connectivity index (χ3n) is 3.93. The molecule has 1 heterocycles. The molecule has 7 heteroatoms. The predicted octanol–water partition coefficient (Wildman–Crippen LogP) is 0.750. The highest BCUT2D eigenvalue weighted by Crippen LogP contribution is 2.20. The number of likely N-dealkylation sites (N-methyl/N-ethyl adjacent to an activating group) is 1. The van der Waals surface area contributed by atoms with E-state index in [-0.39, 0.29) is 24.3 Å². The summed E-state index contributed by atoms with van der Waals surface area (Å²) in [4.78, 5) is 37.8. The largest absolute Gasteiger partial charge is 0.481 e. The summed E-state index contributed by atoms with van der Waals surface area (Å²) in [6.45, 7) is 5.21. The van der Waals surface area contributed by atoms with Crippen LogP contribution in [0.15, 0.2) is 0 Å². The number of nitrogens with zero attached hydrogens (tertiary/aromatic N) is 2. The highest BCUT2D eigenvalue weighted by molar-refractivity contribution is 5.86. The van der Waals surface area contributed by atoms with Gasteiger partial charge in [-0.25, -0.2) is 4.79 Å². The minimum atomic E-state index is -0.792. The van der Waals surface area contributed by atoms with Crippen molar-refractivity contribution in [2.45, 2.75) is 39.2 Å². The summed E-state index contributed by atoms with van der Waals surface area (Å²) < 4.78 is 0. The fraction of sp³-hybridized carbons (Fsp3) is 0.786. The van der Waals surface area contributed by atoms with Gasteiger partial charge in [-0.1, -0.05) is 0 Å². The first-order valence-corrected chi connectivity index (χ1v) is 7.37. The molecule has 21 heavy (non-hydrogen) atoms. The number of carboxylic acids is 1. The number of rotatable bonds is 5. The minimum absolute atomic E-state index is 0.119. The standard InChI is InChI=1S/C14H25N3O4/c1-4-16(3)13(20)10(2)15-14(21)17-7-5-11(6-8-17)9-12(18)19/h10-11H,4-9H2,1-3H3,(H,15,21)(H,18,19). The Morgan fingerprint density at radius 2 is 1.90 bits per heavy atom. The van der Waals surface area contributed by atoms with Crippen molar-refractivity contribution in [3.63, 3.8) is 0 Å². The van der Waals surface area contributed by atoms with E-state index in [0.717, 1.165) is 0 Å². The molecule has 2 N–H and O–H groups in total. The third kappa shape index (κ3) is 5.24. The van der Waals surface area contributed by atoms with Crippen LogP contribution in [0.2, 0.25) is 0 Å². The molecular weight excluding hydrogens is 274 g/mol. The van der Waals surface area contributed by atoms with Gasteiger partial charge in [0.15, 0.2) is 0 Å². The molecule has 0 aromatic rings. The Bertz CT molecular complexity index is 392. The Labute approximate surface area is 125 Å². The SMILES string of the molecule is CCN(C)C(=O)C(C)NC(=O)N1CCC(CC(=O)O)CC1. The first kappa shape index (κ1) is 17.3. The van der Waals surface area contributed by atoms with Crippen LogP contribution in [0.4, 0.5) is 4.79 Å². The van der Waals surface area contributed by atoms with Gasteiger partial charge in [-0.15, -0.1) is 0 Å². The highest BCUT2D eigenvalue weighted by Gasteiger charge is 2.26. The van der Waals surface area contributed by atoms with Crippen molar-refractivity contribution in [3.8, 4) is 0 Å². The van der Waals surface area contributed by atoms with E-state index in [0.29, 0.717) is 32.5 Å². The zero-order valence-electron chi connectivity index (χ0n) is 13.0. The normalized spacial score (nSPS) is 17.2. The molecule has 0 aliphatic carbocycles. The fourth-order valence-electron chi connectivity index (χ4n) is 2.41. The molecule has 1 saturated heterocycles. The van der Waals surface area contributed by atoms with E-state index >= 15 is 0 Å². The number of carboxylic acid groups (broad SMARTS) is 1. The summed E-state index contributed by atoms with van der Waals surface area (Å²) in [7, 11) is 1.70. The maximum absolute atomic E-state index is 12.1. The van der Waals surface area contributed by atoms with Gasteiger partial charge in [-0.3, -0.25) is 9.59 Å². The number of hydrogen-bond acceptors (Lipinski definition) is 3. The van der Waals surface area contributed by atoms with Gasteiger partial charge >= 0.3 is 12.0 Å². The summed E-state index contributed by atoms with van der Waals surface area (Å²) in [5.41, 5.74) is 0. The summed E-state index contributed by atoms with van der Waals surface area (Å²) in [5, 5.41) is 11.5. The first-order valence-electron chi connectivity index (χ1n) is 7.37. The van der Waals surface area contributed by atoms with Crippen LogP contribution in [0, 0.1) is 5.92 Å². The van der Waals surface area contributed by atoms with Crippen molar-refractivity contribution in [3.05, 3.63) is 0 Å². The molecule has 1 atom stereocenters. The van der Waals surface area contributed by atoms with Crippen LogP contribution in [-0.4, -0.2) is 65.5 Å². The van der Waals surface area contributed by atoms with Crippen LogP contribution >= 0.6 is 0 Å². The lowest BCUT2D eigenvalue weighted by Crippen LogP contribution is -2.51. The molecule has 0 spiro atoms. The average molecular weight is 299 g/mol. The van der Waals surface area contributed by atoms with Gasteiger partial charge in [0.1, 0.15) is 6.04 Å². The summed E-state index contributed by atoms with van der Waals surface area (Å²) in [5.74, 6) is -0.775. The maximum Gasteiger partial charge on any atom is 0.318 e. The third-order valence-corrected chi connectivity index (χ3v) is 3.93. The number of urea groups is 1. The van der Waals surface area contributed by atoms with E-state index in [4.69, 9.17) is 5.11 Å². The van der Waals surface area contributed by atoms with E-state index in [1.165, 1.54) is 0 Å². The van der Waals surface area contributed by atoms with Crippen LogP contribution in [-0.2, 0) is 9.59 Å². The summed E-state index contributed by atoms with van der Waals surface area (Å²) in [6, 6.07) is -0.812. The van der Waals surface area contributed by atoms with Gasteiger partial charge in [0.05, 0.1) is 0 Å². The Balaban J connectivity index is 2.40. The monoisotopic (exact) mass is 299 g/mol. The molecule has 0 saturated carbocycles. The number of carbonyl (C=O) groups is 3. The van der Waals surface area contributed by atoms with Gasteiger partial charge in [-0.2, -0.15) is 0 Å². The Morgan fingerprint density at radius 1 is 1.33 bits per heavy atom. The molecule has 1 aliphatic heterocycles. The molecule has 0 bridgehead atoms. The number of hydrogen-bond donors (Lipinski definition) is 2. The molecule has 0 aromatic carbocycles. The zero-order chi connectivity index (χ0) is 16.0. The minimum Gasteiger partial charge on any atom is -0.481 e. The molecule has 0 radical (unpaired) electrons. The van der Waals surface area contributed by atoms with Gasteiger partial charge in [-0.05, 0) is 32.6 Å².